The van der Waals surface area contributed by atoms with Crippen molar-refractivity contribution >= 4 is 40.6 Å². The molecule has 0 saturated carbocycles. The molecule has 0 spiro atoms. The van der Waals surface area contributed by atoms with Crippen LogP contribution in [0.15, 0.2) is 30.3 Å². The highest BCUT2D eigenvalue weighted by Crippen LogP contribution is 2.41. The van der Waals surface area contributed by atoms with Crippen LogP contribution in [0.25, 0.3) is 0 Å². The highest BCUT2D eigenvalue weighted by molar-refractivity contribution is 6.35. The Balaban J connectivity index is 2.26. The highest BCUT2D eigenvalue weighted by Gasteiger charge is 2.16. The fourth-order valence-electron chi connectivity index (χ4n) is 2.34. The summed E-state index contributed by atoms with van der Waals surface area (Å²) in [6.45, 7) is 6.95. The van der Waals surface area contributed by atoms with Crippen molar-refractivity contribution in [3.8, 4) is 17.2 Å². The summed E-state index contributed by atoms with van der Waals surface area (Å²) in [7, 11) is 0. The van der Waals surface area contributed by atoms with E-state index in [2.05, 4.69) is 10.6 Å². The minimum Gasteiger partial charge on any atom is -0.490 e. The minimum absolute atomic E-state index is 0.381. The van der Waals surface area contributed by atoms with Gasteiger partial charge in [-0.05, 0) is 39.0 Å². The quantitative estimate of drug-likeness (QED) is 0.571. The van der Waals surface area contributed by atoms with Crippen molar-refractivity contribution in [3.63, 3.8) is 0 Å². The number of hydrogen-bond acceptors (Lipinski definition) is 4. The molecule has 0 aliphatic heterocycles. The molecule has 0 saturated heterocycles. The van der Waals surface area contributed by atoms with E-state index in [1.807, 2.05) is 20.8 Å². The van der Waals surface area contributed by atoms with Crippen LogP contribution in [-0.4, -0.2) is 25.9 Å². The molecule has 0 bridgehead atoms. The average molecular weight is 413 g/mol. The summed E-state index contributed by atoms with van der Waals surface area (Å²) < 4.78 is 16.9. The van der Waals surface area contributed by atoms with Gasteiger partial charge in [0.25, 0.3) is 0 Å². The lowest BCUT2D eigenvalue weighted by molar-refractivity contribution is 0.260. The summed E-state index contributed by atoms with van der Waals surface area (Å²) in [6.07, 6.45) is 0. The van der Waals surface area contributed by atoms with Gasteiger partial charge in [-0.3, -0.25) is 0 Å². The van der Waals surface area contributed by atoms with E-state index in [1.165, 1.54) is 0 Å². The molecule has 0 aliphatic rings. The molecular formula is C19H22Cl2N2O4. The number of rotatable bonds is 8. The number of benzene rings is 2. The molecule has 2 aromatic rings. The monoisotopic (exact) mass is 412 g/mol. The van der Waals surface area contributed by atoms with Gasteiger partial charge in [0, 0.05) is 17.2 Å². The summed E-state index contributed by atoms with van der Waals surface area (Å²) in [5.74, 6) is 1.48. The normalized spacial score (nSPS) is 10.3. The molecule has 0 atom stereocenters. The number of anilines is 2. The first-order valence-electron chi connectivity index (χ1n) is 8.57. The summed E-state index contributed by atoms with van der Waals surface area (Å²) in [5.41, 5.74) is 0.892. The number of amides is 2. The van der Waals surface area contributed by atoms with E-state index in [0.29, 0.717) is 58.5 Å². The summed E-state index contributed by atoms with van der Waals surface area (Å²) in [4.78, 5) is 12.4. The van der Waals surface area contributed by atoms with Crippen LogP contribution >= 0.6 is 23.2 Å². The number of halogens is 2. The topological polar surface area (TPSA) is 68.8 Å². The number of carbonyl (C=O) groups excluding carboxylic acids is 1. The van der Waals surface area contributed by atoms with Crippen molar-refractivity contribution in [2.24, 2.45) is 0 Å². The molecule has 8 heteroatoms. The fraction of sp³-hybridized carbons (Fsp3) is 0.316. The van der Waals surface area contributed by atoms with Crippen LogP contribution in [0.3, 0.4) is 0 Å². The van der Waals surface area contributed by atoms with E-state index in [4.69, 9.17) is 37.4 Å². The fourth-order valence-corrected chi connectivity index (χ4v) is 2.68. The first-order valence-corrected chi connectivity index (χ1v) is 9.33. The molecule has 0 unspecified atom stereocenters. The first-order chi connectivity index (χ1) is 13.0. The first kappa shape index (κ1) is 21.0. The van der Waals surface area contributed by atoms with Crippen LogP contribution in [-0.2, 0) is 0 Å². The molecule has 0 aliphatic carbocycles. The maximum absolute atomic E-state index is 12.4. The van der Waals surface area contributed by atoms with E-state index in [0.717, 1.165) is 0 Å². The average Bonchev–Trinajstić information content (AvgIpc) is 2.61. The van der Waals surface area contributed by atoms with Crippen LogP contribution in [0.2, 0.25) is 10.0 Å². The summed E-state index contributed by atoms with van der Waals surface area (Å²) in [6, 6.07) is 7.69. The maximum atomic E-state index is 12.4. The number of carbonyl (C=O) groups is 1. The van der Waals surface area contributed by atoms with Gasteiger partial charge >= 0.3 is 6.03 Å². The Morgan fingerprint density at radius 1 is 0.889 bits per heavy atom. The second-order valence-electron chi connectivity index (χ2n) is 5.30. The number of ether oxygens (including phenoxy) is 3. The van der Waals surface area contributed by atoms with Gasteiger partial charge in [-0.2, -0.15) is 0 Å². The van der Waals surface area contributed by atoms with Crippen LogP contribution in [0.4, 0.5) is 16.2 Å². The van der Waals surface area contributed by atoms with Gasteiger partial charge in [-0.1, -0.05) is 23.2 Å². The van der Waals surface area contributed by atoms with Gasteiger partial charge in [-0.25, -0.2) is 4.79 Å². The van der Waals surface area contributed by atoms with Gasteiger partial charge in [0.2, 0.25) is 5.75 Å². The molecule has 2 aromatic carbocycles. The second kappa shape index (κ2) is 10.1. The Morgan fingerprint density at radius 3 is 2.04 bits per heavy atom. The number of nitrogens with one attached hydrogen (secondary N) is 2. The lowest BCUT2D eigenvalue weighted by atomic mass is 10.2. The van der Waals surface area contributed by atoms with Gasteiger partial charge in [0.1, 0.15) is 0 Å². The Bertz CT molecular complexity index is 772. The molecule has 0 heterocycles. The van der Waals surface area contributed by atoms with Crippen molar-refractivity contribution < 1.29 is 19.0 Å². The molecule has 0 radical (unpaired) electrons. The summed E-state index contributed by atoms with van der Waals surface area (Å²) >= 11 is 12.0. The van der Waals surface area contributed by atoms with Crippen molar-refractivity contribution in [2.45, 2.75) is 20.8 Å². The third kappa shape index (κ3) is 5.84. The van der Waals surface area contributed by atoms with Crippen molar-refractivity contribution in [2.75, 3.05) is 30.5 Å². The van der Waals surface area contributed by atoms with Crippen LogP contribution in [0, 0.1) is 0 Å². The molecule has 0 fully saturated rings. The van der Waals surface area contributed by atoms with Gasteiger partial charge in [0.15, 0.2) is 11.5 Å². The van der Waals surface area contributed by atoms with Crippen molar-refractivity contribution in [1.82, 2.24) is 0 Å². The third-order valence-electron chi connectivity index (χ3n) is 3.34. The standard InChI is InChI=1S/C19H22Cl2N2O4/c1-4-25-16-10-13(11-17(26-5-2)18(16)27-6-3)22-19(24)23-15-9-12(20)7-8-14(15)21/h7-11H,4-6H2,1-3H3,(H2,22,23,24). The number of hydrogen-bond donors (Lipinski definition) is 2. The summed E-state index contributed by atoms with van der Waals surface area (Å²) in [5, 5.41) is 6.25. The van der Waals surface area contributed by atoms with E-state index >= 15 is 0 Å². The molecular weight excluding hydrogens is 391 g/mol. The molecule has 146 valence electrons. The Kier molecular flexibility index (Phi) is 7.88. The van der Waals surface area contributed by atoms with Crippen LogP contribution < -0.4 is 24.8 Å². The molecule has 6 nitrogen and oxygen atoms in total. The van der Waals surface area contributed by atoms with Crippen molar-refractivity contribution in [1.29, 1.82) is 0 Å². The Hall–Kier alpha value is -2.31. The lowest BCUT2D eigenvalue weighted by Gasteiger charge is -2.17. The van der Waals surface area contributed by atoms with E-state index < -0.39 is 6.03 Å². The lowest BCUT2D eigenvalue weighted by Crippen LogP contribution is -2.20. The van der Waals surface area contributed by atoms with Crippen LogP contribution in [0.1, 0.15) is 20.8 Å². The van der Waals surface area contributed by atoms with E-state index in [1.54, 1.807) is 30.3 Å². The predicted octanol–water partition coefficient (Wildman–Crippen LogP) is 5.83. The molecule has 2 amide bonds. The van der Waals surface area contributed by atoms with E-state index in [9.17, 15) is 4.79 Å². The number of urea groups is 1. The Labute approximate surface area is 168 Å². The zero-order chi connectivity index (χ0) is 19.8. The minimum atomic E-state index is -0.478. The van der Waals surface area contributed by atoms with E-state index in [-0.39, 0.29) is 0 Å². The third-order valence-corrected chi connectivity index (χ3v) is 3.91. The largest absolute Gasteiger partial charge is 0.490 e. The maximum Gasteiger partial charge on any atom is 0.323 e. The molecule has 2 N–H and O–H groups in total. The van der Waals surface area contributed by atoms with Crippen LogP contribution in [0.5, 0.6) is 17.2 Å². The van der Waals surface area contributed by atoms with Gasteiger partial charge < -0.3 is 24.8 Å². The molecule has 2 rings (SSSR count). The smallest absolute Gasteiger partial charge is 0.323 e. The zero-order valence-corrected chi connectivity index (χ0v) is 16.9. The predicted molar refractivity (Wildman–Crippen MR) is 109 cm³/mol. The second-order valence-corrected chi connectivity index (χ2v) is 6.15. The Morgan fingerprint density at radius 2 is 1.48 bits per heavy atom. The van der Waals surface area contributed by atoms with Gasteiger partial charge in [-0.15, -0.1) is 0 Å². The zero-order valence-electron chi connectivity index (χ0n) is 15.4. The van der Waals surface area contributed by atoms with Crippen molar-refractivity contribution in [3.05, 3.63) is 40.4 Å². The molecule has 0 aromatic heterocycles. The molecule has 27 heavy (non-hydrogen) atoms. The highest BCUT2D eigenvalue weighted by atomic mass is 35.5. The van der Waals surface area contributed by atoms with Gasteiger partial charge in [0.05, 0.1) is 36.2 Å². The SMILES string of the molecule is CCOc1cc(NC(=O)Nc2cc(Cl)ccc2Cl)cc(OCC)c1OCC.